The summed E-state index contributed by atoms with van der Waals surface area (Å²) in [6, 6.07) is 5.97. The normalized spacial score (nSPS) is 21.9. The maximum absolute atomic E-state index is 10.7. The molecular formula is C21H34N4O4. The summed E-state index contributed by atoms with van der Waals surface area (Å²) in [5, 5.41) is 14.1. The Labute approximate surface area is 173 Å². The van der Waals surface area contributed by atoms with Gasteiger partial charge in [0.2, 0.25) is 0 Å². The fraction of sp³-hybridized carbons (Fsp3) is 0.667. The minimum absolute atomic E-state index is 0.275. The van der Waals surface area contributed by atoms with Crippen LogP contribution in [0.1, 0.15) is 25.0 Å². The molecule has 0 spiro atoms. The van der Waals surface area contributed by atoms with E-state index in [1.165, 1.54) is 0 Å². The lowest BCUT2D eigenvalue weighted by Gasteiger charge is -2.32. The van der Waals surface area contributed by atoms with Crippen molar-refractivity contribution in [3.8, 4) is 11.5 Å². The van der Waals surface area contributed by atoms with E-state index in [2.05, 4.69) is 22.0 Å². The SMILES string of the molecule is CCNC(=NCC(O)c1cc(OC)cc(OC)c1)N1CCC(N2CCOCC2)C1. The van der Waals surface area contributed by atoms with Gasteiger partial charge in [0.1, 0.15) is 11.5 Å². The third-order valence-electron chi connectivity index (χ3n) is 5.53. The molecule has 2 aliphatic heterocycles. The van der Waals surface area contributed by atoms with E-state index in [1.54, 1.807) is 20.3 Å². The topological polar surface area (TPSA) is 78.8 Å². The molecule has 2 heterocycles. The fourth-order valence-corrected chi connectivity index (χ4v) is 3.90. The van der Waals surface area contributed by atoms with Gasteiger partial charge >= 0.3 is 0 Å². The van der Waals surface area contributed by atoms with Gasteiger partial charge in [-0.1, -0.05) is 0 Å². The number of morpholine rings is 1. The van der Waals surface area contributed by atoms with Gasteiger partial charge in [-0.05, 0) is 31.0 Å². The number of ether oxygens (including phenoxy) is 3. The standard InChI is InChI=1S/C21H34N4O4/c1-4-22-21(25-6-5-17(15-25)24-7-9-29-10-8-24)23-14-20(26)16-11-18(27-2)13-19(12-16)28-3/h11-13,17,20,26H,4-10,14-15H2,1-3H3,(H,22,23). The number of aliphatic hydroxyl groups is 1. The van der Waals surface area contributed by atoms with Crippen molar-refractivity contribution >= 4 is 5.96 Å². The molecule has 0 aliphatic carbocycles. The number of rotatable bonds is 7. The molecular weight excluding hydrogens is 372 g/mol. The Balaban J connectivity index is 1.64. The van der Waals surface area contributed by atoms with Crippen LogP contribution in [0.2, 0.25) is 0 Å². The van der Waals surface area contributed by atoms with Crippen LogP contribution in [-0.2, 0) is 4.74 Å². The van der Waals surface area contributed by atoms with Crippen molar-refractivity contribution in [2.75, 3.05) is 66.7 Å². The quantitative estimate of drug-likeness (QED) is 0.519. The highest BCUT2D eigenvalue weighted by Crippen LogP contribution is 2.26. The lowest BCUT2D eigenvalue weighted by Crippen LogP contribution is -2.46. The van der Waals surface area contributed by atoms with Gasteiger partial charge in [-0.3, -0.25) is 9.89 Å². The molecule has 0 aromatic heterocycles. The number of benzene rings is 1. The van der Waals surface area contributed by atoms with Gasteiger partial charge in [0.05, 0.1) is 40.1 Å². The van der Waals surface area contributed by atoms with Gasteiger partial charge in [0.15, 0.2) is 5.96 Å². The second kappa shape index (κ2) is 10.7. The van der Waals surface area contributed by atoms with Gasteiger partial charge in [-0.25, -0.2) is 0 Å². The summed E-state index contributed by atoms with van der Waals surface area (Å²) in [7, 11) is 3.20. The summed E-state index contributed by atoms with van der Waals surface area (Å²) in [6.45, 7) is 8.70. The van der Waals surface area contributed by atoms with E-state index in [9.17, 15) is 5.11 Å². The first-order valence-corrected chi connectivity index (χ1v) is 10.4. The number of aliphatic hydroxyl groups excluding tert-OH is 1. The van der Waals surface area contributed by atoms with Crippen molar-refractivity contribution < 1.29 is 19.3 Å². The van der Waals surface area contributed by atoms with Gasteiger partial charge in [0.25, 0.3) is 0 Å². The Bertz CT molecular complexity index is 656. The zero-order chi connectivity index (χ0) is 20.6. The number of guanidine groups is 1. The summed E-state index contributed by atoms with van der Waals surface area (Å²) < 4.78 is 16.1. The maximum atomic E-state index is 10.7. The molecule has 0 amide bonds. The molecule has 3 rings (SSSR count). The highest BCUT2D eigenvalue weighted by Gasteiger charge is 2.30. The van der Waals surface area contributed by atoms with Crippen molar-refractivity contribution in [3.05, 3.63) is 23.8 Å². The number of hydrogen-bond donors (Lipinski definition) is 2. The zero-order valence-corrected chi connectivity index (χ0v) is 17.8. The molecule has 1 aromatic carbocycles. The fourth-order valence-electron chi connectivity index (χ4n) is 3.90. The molecule has 2 saturated heterocycles. The Morgan fingerprint density at radius 3 is 2.52 bits per heavy atom. The van der Waals surface area contributed by atoms with Crippen LogP contribution in [0, 0.1) is 0 Å². The summed E-state index contributed by atoms with van der Waals surface area (Å²) in [5.74, 6) is 2.17. The second-order valence-electron chi connectivity index (χ2n) is 7.39. The molecule has 0 saturated carbocycles. The Morgan fingerprint density at radius 2 is 1.90 bits per heavy atom. The molecule has 2 fully saturated rings. The molecule has 2 N–H and O–H groups in total. The van der Waals surface area contributed by atoms with Crippen LogP contribution in [0.3, 0.4) is 0 Å². The molecule has 1 aromatic rings. The first kappa shape index (κ1) is 21.7. The minimum Gasteiger partial charge on any atom is -0.497 e. The van der Waals surface area contributed by atoms with Crippen molar-refractivity contribution in [1.29, 1.82) is 0 Å². The van der Waals surface area contributed by atoms with Crippen LogP contribution in [-0.4, -0.2) is 93.6 Å². The lowest BCUT2D eigenvalue weighted by molar-refractivity contribution is 0.0194. The largest absolute Gasteiger partial charge is 0.497 e. The summed E-state index contributed by atoms with van der Waals surface area (Å²) >= 11 is 0. The van der Waals surface area contributed by atoms with Crippen molar-refractivity contribution in [3.63, 3.8) is 0 Å². The molecule has 0 bridgehead atoms. The average Bonchev–Trinajstić information content (AvgIpc) is 3.26. The van der Waals surface area contributed by atoms with E-state index in [4.69, 9.17) is 19.2 Å². The first-order chi connectivity index (χ1) is 14.1. The number of methoxy groups -OCH3 is 2. The van der Waals surface area contributed by atoms with Crippen LogP contribution < -0.4 is 14.8 Å². The molecule has 29 heavy (non-hydrogen) atoms. The number of nitrogens with one attached hydrogen (secondary N) is 1. The lowest BCUT2D eigenvalue weighted by atomic mass is 10.1. The summed E-state index contributed by atoms with van der Waals surface area (Å²) in [5.41, 5.74) is 0.730. The van der Waals surface area contributed by atoms with E-state index < -0.39 is 6.10 Å². The molecule has 2 aliphatic rings. The zero-order valence-electron chi connectivity index (χ0n) is 17.8. The molecule has 2 atom stereocenters. The maximum Gasteiger partial charge on any atom is 0.194 e. The summed E-state index contributed by atoms with van der Waals surface area (Å²) in [6.07, 6.45) is 0.394. The predicted molar refractivity (Wildman–Crippen MR) is 113 cm³/mol. The average molecular weight is 407 g/mol. The highest BCUT2D eigenvalue weighted by atomic mass is 16.5. The highest BCUT2D eigenvalue weighted by molar-refractivity contribution is 5.80. The third-order valence-corrected chi connectivity index (χ3v) is 5.53. The van der Waals surface area contributed by atoms with E-state index >= 15 is 0 Å². The summed E-state index contributed by atoms with van der Waals surface area (Å²) in [4.78, 5) is 9.53. The number of aliphatic imine (C=N–C) groups is 1. The number of hydrogen-bond acceptors (Lipinski definition) is 6. The monoisotopic (exact) mass is 406 g/mol. The van der Waals surface area contributed by atoms with Crippen molar-refractivity contribution in [2.45, 2.75) is 25.5 Å². The first-order valence-electron chi connectivity index (χ1n) is 10.4. The van der Waals surface area contributed by atoms with E-state index in [0.29, 0.717) is 17.5 Å². The minimum atomic E-state index is -0.731. The van der Waals surface area contributed by atoms with Gasteiger partial charge in [-0.2, -0.15) is 0 Å². The van der Waals surface area contributed by atoms with Gasteiger partial charge in [0, 0.05) is 44.8 Å². The molecule has 2 unspecified atom stereocenters. The Morgan fingerprint density at radius 1 is 1.21 bits per heavy atom. The molecule has 8 heteroatoms. The number of likely N-dealkylation sites (tertiary alicyclic amines) is 1. The van der Waals surface area contributed by atoms with Crippen LogP contribution in [0.15, 0.2) is 23.2 Å². The van der Waals surface area contributed by atoms with Crippen LogP contribution in [0.5, 0.6) is 11.5 Å². The molecule has 8 nitrogen and oxygen atoms in total. The van der Waals surface area contributed by atoms with Crippen LogP contribution >= 0.6 is 0 Å². The third kappa shape index (κ3) is 5.74. The Hall–Kier alpha value is -2.03. The van der Waals surface area contributed by atoms with Crippen molar-refractivity contribution in [1.82, 2.24) is 15.1 Å². The van der Waals surface area contributed by atoms with Gasteiger partial charge < -0.3 is 29.5 Å². The van der Waals surface area contributed by atoms with E-state index in [0.717, 1.165) is 63.9 Å². The Kier molecular flexibility index (Phi) is 7.97. The van der Waals surface area contributed by atoms with Crippen LogP contribution in [0.4, 0.5) is 0 Å². The molecule has 162 valence electrons. The van der Waals surface area contributed by atoms with Gasteiger partial charge in [-0.15, -0.1) is 0 Å². The second-order valence-corrected chi connectivity index (χ2v) is 7.39. The smallest absolute Gasteiger partial charge is 0.194 e. The van der Waals surface area contributed by atoms with E-state index in [1.807, 2.05) is 12.1 Å². The van der Waals surface area contributed by atoms with Crippen LogP contribution in [0.25, 0.3) is 0 Å². The predicted octanol–water partition coefficient (Wildman–Crippen LogP) is 1.11. The van der Waals surface area contributed by atoms with Crippen molar-refractivity contribution in [2.24, 2.45) is 4.99 Å². The van der Waals surface area contributed by atoms with E-state index in [-0.39, 0.29) is 6.54 Å². The number of nitrogens with zero attached hydrogens (tertiary/aromatic N) is 3. The molecule has 0 radical (unpaired) electrons.